The fraction of sp³-hybridized carbons (Fsp3) is 0.778. The fourth-order valence-electron chi connectivity index (χ4n) is 2.04. The van der Waals surface area contributed by atoms with E-state index in [-0.39, 0.29) is 23.7 Å². The maximum Gasteiger partial charge on any atom is 0.230 e. The third kappa shape index (κ3) is 1.72. The van der Waals surface area contributed by atoms with E-state index in [1.54, 1.807) is 0 Å². The molecule has 0 radical (unpaired) electrons. The van der Waals surface area contributed by atoms with Gasteiger partial charge >= 0.3 is 0 Å². The van der Waals surface area contributed by atoms with Crippen LogP contribution >= 0.6 is 0 Å². The molecule has 0 aliphatic carbocycles. The number of carbonyl (C=O) groups is 2. The molecule has 2 heterocycles. The van der Waals surface area contributed by atoms with E-state index in [1.165, 1.54) is 0 Å². The van der Waals surface area contributed by atoms with Gasteiger partial charge < -0.3 is 4.74 Å². The van der Waals surface area contributed by atoms with E-state index < -0.39 is 0 Å². The smallest absolute Gasteiger partial charge is 0.230 e. The van der Waals surface area contributed by atoms with E-state index >= 15 is 0 Å². The number of ether oxygens (including phenoxy) is 1. The Kier molecular flexibility index (Phi) is 2.31. The predicted octanol–water partition coefficient (Wildman–Crippen LogP) is 0.0757. The number of nitrogens with one attached hydrogen (secondary N) is 1. The maximum absolute atomic E-state index is 11.3. The molecule has 72 valence electrons. The lowest BCUT2D eigenvalue weighted by molar-refractivity contribution is -0.127. The van der Waals surface area contributed by atoms with Crippen LogP contribution in [0.5, 0.6) is 0 Å². The molecule has 0 aromatic heterocycles. The van der Waals surface area contributed by atoms with Crippen LogP contribution in [0.3, 0.4) is 0 Å². The molecule has 4 heteroatoms. The minimum Gasteiger partial charge on any atom is -0.381 e. The van der Waals surface area contributed by atoms with Crippen LogP contribution in [0.1, 0.15) is 19.3 Å². The highest BCUT2D eigenvalue weighted by Crippen LogP contribution is 2.27. The average molecular weight is 183 g/mol. The van der Waals surface area contributed by atoms with Crippen molar-refractivity contribution in [3.05, 3.63) is 0 Å². The van der Waals surface area contributed by atoms with Crippen molar-refractivity contribution in [2.75, 3.05) is 13.2 Å². The monoisotopic (exact) mass is 183 g/mol. The fourth-order valence-corrected chi connectivity index (χ4v) is 2.04. The quantitative estimate of drug-likeness (QED) is 0.585. The summed E-state index contributed by atoms with van der Waals surface area (Å²) in [4.78, 5) is 22.2. The Hall–Kier alpha value is -0.900. The van der Waals surface area contributed by atoms with Crippen molar-refractivity contribution in [3.63, 3.8) is 0 Å². The van der Waals surface area contributed by atoms with Gasteiger partial charge in [-0.25, -0.2) is 0 Å². The first-order valence-electron chi connectivity index (χ1n) is 4.69. The van der Waals surface area contributed by atoms with Crippen LogP contribution in [-0.4, -0.2) is 25.0 Å². The van der Waals surface area contributed by atoms with Gasteiger partial charge in [0.1, 0.15) is 0 Å². The molecule has 0 spiro atoms. The second-order valence-corrected chi connectivity index (χ2v) is 3.70. The van der Waals surface area contributed by atoms with Gasteiger partial charge in [0.25, 0.3) is 0 Å². The number of amides is 2. The van der Waals surface area contributed by atoms with Gasteiger partial charge in [0.2, 0.25) is 11.8 Å². The molecule has 2 aliphatic heterocycles. The van der Waals surface area contributed by atoms with Gasteiger partial charge in [-0.2, -0.15) is 0 Å². The Morgan fingerprint density at radius 3 is 2.77 bits per heavy atom. The normalized spacial score (nSPS) is 34.8. The Morgan fingerprint density at radius 2 is 2.23 bits per heavy atom. The Morgan fingerprint density at radius 1 is 1.38 bits per heavy atom. The van der Waals surface area contributed by atoms with Crippen LogP contribution in [0.25, 0.3) is 0 Å². The first kappa shape index (κ1) is 8.69. The molecular formula is C9H13NO3. The summed E-state index contributed by atoms with van der Waals surface area (Å²) in [7, 11) is 0. The summed E-state index contributed by atoms with van der Waals surface area (Å²) in [6.45, 7) is 1.42. The van der Waals surface area contributed by atoms with Crippen molar-refractivity contribution in [1.82, 2.24) is 5.32 Å². The van der Waals surface area contributed by atoms with Crippen LogP contribution in [0.4, 0.5) is 0 Å². The van der Waals surface area contributed by atoms with E-state index in [2.05, 4.69) is 5.32 Å². The third-order valence-electron chi connectivity index (χ3n) is 2.77. The Bertz CT molecular complexity index is 233. The van der Waals surface area contributed by atoms with Gasteiger partial charge in [-0.3, -0.25) is 14.9 Å². The topological polar surface area (TPSA) is 55.4 Å². The van der Waals surface area contributed by atoms with Gasteiger partial charge in [-0.15, -0.1) is 0 Å². The first-order chi connectivity index (χ1) is 6.27. The molecule has 0 bridgehead atoms. The van der Waals surface area contributed by atoms with Crippen molar-refractivity contribution in [2.24, 2.45) is 11.8 Å². The minimum absolute atomic E-state index is 0.111. The largest absolute Gasteiger partial charge is 0.381 e. The second-order valence-electron chi connectivity index (χ2n) is 3.70. The molecule has 2 unspecified atom stereocenters. The second kappa shape index (κ2) is 3.46. The molecule has 0 aromatic rings. The van der Waals surface area contributed by atoms with E-state index in [4.69, 9.17) is 4.74 Å². The Labute approximate surface area is 76.6 Å². The number of imide groups is 1. The summed E-state index contributed by atoms with van der Waals surface area (Å²) in [5, 5.41) is 2.33. The summed E-state index contributed by atoms with van der Waals surface area (Å²) in [6, 6.07) is 0. The number of rotatable bonds is 1. The molecule has 1 N–H and O–H groups in total. The third-order valence-corrected chi connectivity index (χ3v) is 2.77. The summed E-state index contributed by atoms with van der Waals surface area (Å²) in [5.74, 6) is -0.130. The van der Waals surface area contributed by atoms with Crippen molar-refractivity contribution in [1.29, 1.82) is 0 Å². The lowest BCUT2D eigenvalue weighted by atomic mass is 9.87. The molecule has 0 saturated carbocycles. The Balaban J connectivity index is 1.99. The van der Waals surface area contributed by atoms with Crippen LogP contribution in [-0.2, 0) is 14.3 Å². The first-order valence-corrected chi connectivity index (χ1v) is 4.69. The highest BCUT2D eigenvalue weighted by Gasteiger charge is 2.37. The SMILES string of the molecule is O=C1CC(C2CCCOC2)C(=O)N1. The van der Waals surface area contributed by atoms with E-state index in [0.717, 1.165) is 19.4 Å². The van der Waals surface area contributed by atoms with Gasteiger partial charge in [0, 0.05) is 13.0 Å². The molecule has 2 atom stereocenters. The van der Waals surface area contributed by atoms with Crippen LogP contribution in [0.2, 0.25) is 0 Å². The summed E-state index contributed by atoms with van der Waals surface area (Å²) < 4.78 is 5.29. The summed E-state index contributed by atoms with van der Waals surface area (Å²) in [6.07, 6.45) is 2.36. The van der Waals surface area contributed by atoms with Gasteiger partial charge in [-0.1, -0.05) is 0 Å². The lowest BCUT2D eigenvalue weighted by Gasteiger charge is -2.25. The van der Waals surface area contributed by atoms with Crippen molar-refractivity contribution >= 4 is 11.8 Å². The molecule has 13 heavy (non-hydrogen) atoms. The van der Waals surface area contributed by atoms with Crippen molar-refractivity contribution < 1.29 is 14.3 Å². The van der Waals surface area contributed by atoms with Crippen molar-refractivity contribution in [2.45, 2.75) is 19.3 Å². The van der Waals surface area contributed by atoms with E-state index in [0.29, 0.717) is 13.0 Å². The van der Waals surface area contributed by atoms with Gasteiger partial charge in [-0.05, 0) is 18.8 Å². The lowest BCUT2D eigenvalue weighted by Crippen LogP contribution is -2.30. The predicted molar refractivity (Wildman–Crippen MR) is 44.8 cm³/mol. The number of hydrogen-bond donors (Lipinski definition) is 1. The number of carbonyl (C=O) groups excluding carboxylic acids is 2. The molecule has 2 amide bonds. The summed E-state index contributed by atoms with van der Waals surface area (Å²) >= 11 is 0. The van der Waals surface area contributed by atoms with Crippen LogP contribution in [0.15, 0.2) is 0 Å². The van der Waals surface area contributed by atoms with Crippen LogP contribution < -0.4 is 5.32 Å². The minimum atomic E-state index is -0.138. The zero-order valence-corrected chi connectivity index (χ0v) is 7.41. The zero-order chi connectivity index (χ0) is 9.26. The van der Waals surface area contributed by atoms with E-state index in [1.807, 2.05) is 0 Å². The van der Waals surface area contributed by atoms with E-state index in [9.17, 15) is 9.59 Å². The molecule has 2 saturated heterocycles. The maximum atomic E-state index is 11.3. The molecule has 4 nitrogen and oxygen atoms in total. The molecule has 2 rings (SSSR count). The van der Waals surface area contributed by atoms with Crippen molar-refractivity contribution in [3.8, 4) is 0 Å². The van der Waals surface area contributed by atoms with Gasteiger partial charge in [0.05, 0.1) is 12.5 Å². The van der Waals surface area contributed by atoms with Gasteiger partial charge in [0.15, 0.2) is 0 Å². The highest BCUT2D eigenvalue weighted by molar-refractivity contribution is 6.03. The molecule has 2 aliphatic rings. The highest BCUT2D eigenvalue weighted by atomic mass is 16.5. The molecule has 2 fully saturated rings. The average Bonchev–Trinajstić information content (AvgIpc) is 2.47. The number of hydrogen-bond acceptors (Lipinski definition) is 3. The standard InChI is InChI=1S/C9H13NO3/c11-8-4-7(9(12)10-8)6-2-1-3-13-5-6/h6-7H,1-5H2,(H,10,11,12). The zero-order valence-electron chi connectivity index (χ0n) is 7.41. The van der Waals surface area contributed by atoms with Crippen LogP contribution in [0, 0.1) is 11.8 Å². The molecular weight excluding hydrogens is 170 g/mol. The molecule has 0 aromatic carbocycles. The summed E-state index contributed by atoms with van der Waals surface area (Å²) in [5.41, 5.74) is 0.